The maximum absolute atomic E-state index is 12.9. The van der Waals surface area contributed by atoms with Gasteiger partial charge in [0.05, 0.1) is 28.4 Å². The summed E-state index contributed by atoms with van der Waals surface area (Å²) in [6.45, 7) is 7.19. The topological polar surface area (TPSA) is 65.2 Å². The van der Waals surface area contributed by atoms with Crippen molar-refractivity contribution in [2.75, 3.05) is 31.9 Å². The molecule has 0 spiro atoms. The van der Waals surface area contributed by atoms with E-state index in [9.17, 15) is 4.79 Å². The highest BCUT2D eigenvalue weighted by atomic mass is 32.2. The summed E-state index contributed by atoms with van der Waals surface area (Å²) in [5.41, 5.74) is 3.99. The van der Waals surface area contributed by atoms with Crippen LogP contribution in [0, 0.1) is 11.3 Å². The number of aromatic nitrogens is 2. The fourth-order valence-corrected chi connectivity index (χ4v) is 4.99. The zero-order valence-electron chi connectivity index (χ0n) is 17.8. The predicted molar refractivity (Wildman–Crippen MR) is 124 cm³/mol. The third-order valence-corrected chi connectivity index (χ3v) is 6.65. The SMILES string of the molecule is CCn1c(SCC(=O)N2CCCN(Cc3ccc(C#N)cc3)CC2)nc2ccccc21. The van der Waals surface area contributed by atoms with Crippen molar-refractivity contribution >= 4 is 28.7 Å². The van der Waals surface area contributed by atoms with Crippen LogP contribution in [0.1, 0.15) is 24.5 Å². The number of thioether (sulfide) groups is 1. The lowest BCUT2D eigenvalue weighted by atomic mass is 10.1. The molecular weight excluding hydrogens is 406 g/mol. The molecule has 31 heavy (non-hydrogen) atoms. The molecule has 0 saturated carbocycles. The van der Waals surface area contributed by atoms with E-state index >= 15 is 0 Å². The molecule has 2 aromatic carbocycles. The Bertz CT molecular complexity index is 1090. The van der Waals surface area contributed by atoms with E-state index in [4.69, 9.17) is 10.2 Å². The minimum atomic E-state index is 0.180. The van der Waals surface area contributed by atoms with Crippen LogP contribution < -0.4 is 0 Å². The molecule has 1 saturated heterocycles. The summed E-state index contributed by atoms with van der Waals surface area (Å²) in [6, 6.07) is 18.0. The maximum Gasteiger partial charge on any atom is 0.233 e. The summed E-state index contributed by atoms with van der Waals surface area (Å²) >= 11 is 1.53. The molecule has 1 aliphatic heterocycles. The first kappa shape index (κ1) is 21.4. The van der Waals surface area contributed by atoms with E-state index in [-0.39, 0.29) is 5.91 Å². The average Bonchev–Trinajstić information content (AvgIpc) is 3.00. The summed E-state index contributed by atoms with van der Waals surface area (Å²) in [4.78, 5) is 22.0. The largest absolute Gasteiger partial charge is 0.341 e. The van der Waals surface area contributed by atoms with Crippen LogP contribution in [0.25, 0.3) is 11.0 Å². The van der Waals surface area contributed by atoms with E-state index < -0.39 is 0 Å². The molecule has 1 fully saturated rings. The fourth-order valence-electron chi connectivity index (χ4n) is 4.01. The minimum absolute atomic E-state index is 0.180. The molecule has 2 heterocycles. The van der Waals surface area contributed by atoms with E-state index in [1.807, 2.05) is 47.4 Å². The molecular formula is C24H27N5OS. The van der Waals surface area contributed by atoms with Crippen molar-refractivity contribution in [3.63, 3.8) is 0 Å². The Morgan fingerprint density at radius 2 is 1.90 bits per heavy atom. The van der Waals surface area contributed by atoms with E-state index in [2.05, 4.69) is 28.5 Å². The van der Waals surface area contributed by atoms with Gasteiger partial charge in [-0.15, -0.1) is 0 Å². The number of nitriles is 1. The van der Waals surface area contributed by atoms with E-state index in [1.54, 1.807) is 0 Å². The van der Waals surface area contributed by atoms with Crippen molar-refractivity contribution < 1.29 is 4.79 Å². The maximum atomic E-state index is 12.9. The van der Waals surface area contributed by atoms with Crippen molar-refractivity contribution in [2.45, 2.75) is 31.6 Å². The Morgan fingerprint density at radius 3 is 2.68 bits per heavy atom. The molecule has 1 aromatic heterocycles. The highest BCUT2D eigenvalue weighted by molar-refractivity contribution is 7.99. The quantitative estimate of drug-likeness (QED) is 0.554. The Labute approximate surface area is 187 Å². The molecule has 0 unspecified atom stereocenters. The number of rotatable bonds is 6. The predicted octanol–water partition coefficient (Wildman–Crippen LogP) is 3.75. The monoisotopic (exact) mass is 433 g/mol. The van der Waals surface area contributed by atoms with Crippen LogP contribution >= 0.6 is 11.8 Å². The normalized spacial score (nSPS) is 15.0. The van der Waals surface area contributed by atoms with Gasteiger partial charge in [-0.05, 0) is 43.2 Å². The Hall–Kier alpha value is -2.82. The second-order valence-electron chi connectivity index (χ2n) is 7.74. The van der Waals surface area contributed by atoms with Gasteiger partial charge in [-0.1, -0.05) is 36.0 Å². The van der Waals surface area contributed by atoms with Gasteiger partial charge >= 0.3 is 0 Å². The van der Waals surface area contributed by atoms with Gasteiger partial charge in [0.2, 0.25) is 5.91 Å². The highest BCUT2D eigenvalue weighted by Crippen LogP contribution is 2.24. The molecule has 0 aliphatic carbocycles. The molecule has 6 nitrogen and oxygen atoms in total. The lowest BCUT2D eigenvalue weighted by Crippen LogP contribution is -2.36. The van der Waals surface area contributed by atoms with Gasteiger partial charge in [-0.25, -0.2) is 4.98 Å². The van der Waals surface area contributed by atoms with Crippen molar-refractivity contribution in [3.05, 3.63) is 59.7 Å². The second-order valence-corrected chi connectivity index (χ2v) is 8.68. The molecule has 0 N–H and O–H groups in total. The fraction of sp³-hybridized carbons (Fsp3) is 0.375. The lowest BCUT2D eigenvalue weighted by Gasteiger charge is -2.22. The Kier molecular flexibility index (Phi) is 6.90. The third-order valence-electron chi connectivity index (χ3n) is 5.69. The number of hydrogen-bond acceptors (Lipinski definition) is 5. The Morgan fingerprint density at radius 1 is 1.10 bits per heavy atom. The number of nitrogens with zero attached hydrogens (tertiary/aromatic N) is 5. The van der Waals surface area contributed by atoms with Gasteiger partial charge in [-0.2, -0.15) is 5.26 Å². The number of amides is 1. The van der Waals surface area contributed by atoms with E-state index in [0.717, 1.165) is 61.9 Å². The average molecular weight is 434 g/mol. The lowest BCUT2D eigenvalue weighted by molar-refractivity contribution is -0.128. The van der Waals surface area contributed by atoms with Gasteiger partial charge in [0.1, 0.15) is 0 Å². The summed E-state index contributed by atoms with van der Waals surface area (Å²) in [5.74, 6) is 0.596. The van der Waals surface area contributed by atoms with Crippen LogP contribution in [0.15, 0.2) is 53.7 Å². The van der Waals surface area contributed by atoms with Crippen molar-refractivity contribution in [1.82, 2.24) is 19.4 Å². The van der Waals surface area contributed by atoms with Gasteiger partial charge in [0.25, 0.3) is 0 Å². The van der Waals surface area contributed by atoms with Crippen LogP contribution in [-0.4, -0.2) is 57.2 Å². The zero-order chi connectivity index (χ0) is 21.6. The minimum Gasteiger partial charge on any atom is -0.341 e. The van der Waals surface area contributed by atoms with Gasteiger partial charge in [0.15, 0.2) is 5.16 Å². The van der Waals surface area contributed by atoms with Crippen LogP contribution in [0.2, 0.25) is 0 Å². The molecule has 4 rings (SSSR count). The molecule has 0 radical (unpaired) electrons. The van der Waals surface area contributed by atoms with Crippen LogP contribution in [0.5, 0.6) is 0 Å². The summed E-state index contributed by atoms with van der Waals surface area (Å²) in [6.07, 6.45) is 0.972. The molecule has 7 heteroatoms. The first-order valence-corrected chi connectivity index (χ1v) is 11.7. The second kappa shape index (κ2) is 9.99. The van der Waals surface area contributed by atoms with Crippen molar-refractivity contribution in [3.8, 4) is 6.07 Å². The van der Waals surface area contributed by atoms with Crippen LogP contribution in [0.4, 0.5) is 0 Å². The van der Waals surface area contributed by atoms with E-state index in [1.165, 1.54) is 17.3 Å². The first-order chi connectivity index (χ1) is 15.2. The number of hydrogen-bond donors (Lipinski definition) is 0. The third kappa shape index (κ3) is 5.09. The zero-order valence-corrected chi connectivity index (χ0v) is 18.6. The van der Waals surface area contributed by atoms with Crippen molar-refractivity contribution in [2.24, 2.45) is 0 Å². The molecule has 0 atom stereocenters. The van der Waals surface area contributed by atoms with Gasteiger partial charge in [0, 0.05) is 39.3 Å². The number of fused-ring (bicyclic) bond motifs is 1. The molecule has 160 valence electrons. The van der Waals surface area contributed by atoms with Gasteiger partial charge in [-0.3, -0.25) is 9.69 Å². The number of carbonyl (C=O) groups is 1. The highest BCUT2D eigenvalue weighted by Gasteiger charge is 2.20. The number of aryl methyl sites for hydroxylation is 1. The van der Waals surface area contributed by atoms with Crippen LogP contribution in [-0.2, 0) is 17.9 Å². The molecule has 1 amide bonds. The van der Waals surface area contributed by atoms with Gasteiger partial charge < -0.3 is 9.47 Å². The molecule has 3 aromatic rings. The molecule has 0 bridgehead atoms. The molecule has 1 aliphatic rings. The van der Waals surface area contributed by atoms with Crippen molar-refractivity contribution in [1.29, 1.82) is 5.26 Å². The number of imidazole rings is 1. The number of benzene rings is 2. The van der Waals surface area contributed by atoms with E-state index in [0.29, 0.717) is 11.3 Å². The summed E-state index contributed by atoms with van der Waals surface area (Å²) < 4.78 is 2.18. The first-order valence-electron chi connectivity index (χ1n) is 10.7. The Balaban J connectivity index is 1.32. The number of carbonyl (C=O) groups excluding carboxylic acids is 1. The smallest absolute Gasteiger partial charge is 0.233 e. The standard InChI is InChI=1S/C24H27N5OS/c1-2-29-22-7-4-3-6-21(22)26-24(29)31-18-23(30)28-13-5-12-27(14-15-28)17-20-10-8-19(16-25)9-11-20/h3-4,6-11H,2,5,12-15,17-18H2,1H3. The summed E-state index contributed by atoms with van der Waals surface area (Å²) in [5, 5.41) is 9.86. The number of para-hydroxylation sites is 2. The van der Waals surface area contributed by atoms with Crippen LogP contribution in [0.3, 0.4) is 0 Å². The summed E-state index contributed by atoms with van der Waals surface area (Å²) in [7, 11) is 0.